The molecule has 1 aromatic carbocycles. The van der Waals surface area contributed by atoms with Gasteiger partial charge in [-0.3, -0.25) is 4.79 Å². The van der Waals surface area contributed by atoms with Crippen LogP contribution in [0.2, 0.25) is 0 Å². The molecule has 1 heterocycles. The summed E-state index contributed by atoms with van der Waals surface area (Å²) in [5, 5.41) is 23.1. The number of hydrogen-bond donors (Lipinski definition) is 2. The fraction of sp³-hybridized carbons (Fsp3) is 0.222. The fourth-order valence-electron chi connectivity index (χ4n) is 2.23. The van der Waals surface area contributed by atoms with Gasteiger partial charge in [-0.2, -0.15) is 10.4 Å². The lowest BCUT2D eigenvalue weighted by Crippen LogP contribution is -2.25. The molecule has 1 aromatic heterocycles. The second-order valence-electron chi connectivity index (χ2n) is 5.56. The molecule has 146 valence electrons. The number of carbonyl (C=O) groups is 1. The van der Waals surface area contributed by atoms with Crippen LogP contribution in [0.3, 0.4) is 0 Å². The zero-order valence-corrected chi connectivity index (χ0v) is 18.7. The van der Waals surface area contributed by atoms with Gasteiger partial charge in [-0.25, -0.2) is 10.4 Å². The summed E-state index contributed by atoms with van der Waals surface area (Å²) in [5.74, 6) is -0.417. The standard InChI is InChI=1S/C18H16BrIN4O4/c1-10-3-12(8-27-2)14(6-21)18(23-10)28-9-16(25)24-22-7-11-4-13(19)5-15(20)17(11)26/h3-5,7,26H,8-9H2,1-2H3,(H,24,25). The van der Waals surface area contributed by atoms with Crippen molar-refractivity contribution in [3.05, 3.63) is 48.6 Å². The number of rotatable bonds is 7. The average molecular weight is 559 g/mol. The Morgan fingerprint density at radius 3 is 2.93 bits per heavy atom. The zero-order valence-electron chi connectivity index (χ0n) is 15.0. The maximum atomic E-state index is 12.0. The Labute approximate surface area is 183 Å². The van der Waals surface area contributed by atoms with E-state index < -0.39 is 5.91 Å². The van der Waals surface area contributed by atoms with E-state index in [0.717, 1.165) is 4.47 Å². The lowest BCUT2D eigenvalue weighted by atomic mass is 10.1. The number of nitriles is 1. The molecule has 0 atom stereocenters. The van der Waals surface area contributed by atoms with Gasteiger partial charge in [0, 0.05) is 28.4 Å². The first-order valence-electron chi connectivity index (χ1n) is 7.88. The number of aromatic nitrogens is 1. The second-order valence-corrected chi connectivity index (χ2v) is 7.63. The normalized spacial score (nSPS) is 10.7. The molecule has 10 heteroatoms. The van der Waals surface area contributed by atoms with Crippen LogP contribution < -0.4 is 10.2 Å². The number of amides is 1. The number of nitrogens with one attached hydrogen (secondary N) is 1. The number of carbonyl (C=O) groups excluding carboxylic acids is 1. The number of phenols is 1. The minimum atomic E-state index is -0.541. The van der Waals surface area contributed by atoms with E-state index >= 15 is 0 Å². The molecule has 2 N–H and O–H groups in total. The largest absolute Gasteiger partial charge is 0.506 e. The van der Waals surface area contributed by atoms with E-state index in [-0.39, 0.29) is 30.4 Å². The lowest BCUT2D eigenvalue weighted by molar-refractivity contribution is -0.123. The summed E-state index contributed by atoms with van der Waals surface area (Å²) in [6.45, 7) is 1.61. The molecule has 0 saturated heterocycles. The van der Waals surface area contributed by atoms with E-state index in [1.165, 1.54) is 13.3 Å². The number of nitrogens with zero attached hydrogens (tertiary/aromatic N) is 3. The van der Waals surface area contributed by atoms with Gasteiger partial charge in [-0.05, 0) is 47.7 Å². The Bertz CT molecular complexity index is 960. The first kappa shape index (κ1) is 22.1. The van der Waals surface area contributed by atoms with Crippen LogP contribution in [0.25, 0.3) is 0 Å². The van der Waals surface area contributed by atoms with Crippen LogP contribution in [0.15, 0.2) is 27.8 Å². The molecular weight excluding hydrogens is 543 g/mol. The first-order valence-corrected chi connectivity index (χ1v) is 9.75. The SMILES string of the molecule is COCc1cc(C)nc(OCC(=O)NN=Cc2cc(Br)cc(I)c2O)c1C#N. The smallest absolute Gasteiger partial charge is 0.278 e. The van der Waals surface area contributed by atoms with Gasteiger partial charge in [0.05, 0.1) is 16.4 Å². The number of aryl methyl sites for hydroxylation is 1. The first-order chi connectivity index (χ1) is 13.3. The number of methoxy groups -OCH3 is 1. The molecule has 2 rings (SSSR count). The van der Waals surface area contributed by atoms with Crippen molar-refractivity contribution in [1.29, 1.82) is 5.26 Å². The molecule has 0 fully saturated rings. The van der Waals surface area contributed by atoms with Crippen molar-refractivity contribution < 1.29 is 19.4 Å². The molecule has 2 aromatic rings. The van der Waals surface area contributed by atoms with E-state index in [1.807, 2.05) is 28.7 Å². The molecular formula is C18H16BrIN4O4. The van der Waals surface area contributed by atoms with Crippen molar-refractivity contribution in [2.75, 3.05) is 13.7 Å². The molecule has 28 heavy (non-hydrogen) atoms. The number of halogens is 2. The molecule has 0 radical (unpaired) electrons. The number of aromatic hydroxyl groups is 1. The summed E-state index contributed by atoms with van der Waals surface area (Å²) in [4.78, 5) is 16.1. The highest BCUT2D eigenvalue weighted by atomic mass is 127. The highest BCUT2D eigenvalue weighted by molar-refractivity contribution is 14.1. The zero-order chi connectivity index (χ0) is 20.7. The van der Waals surface area contributed by atoms with Gasteiger partial charge in [-0.1, -0.05) is 15.9 Å². The van der Waals surface area contributed by atoms with Crippen LogP contribution in [0, 0.1) is 21.8 Å². The number of hydrogen-bond acceptors (Lipinski definition) is 7. The van der Waals surface area contributed by atoms with Crippen molar-refractivity contribution in [2.24, 2.45) is 5.10 Å². The number of phenolic OH excluding ortho intramolecular Hbond substituents is 1. The molecule has 0 aliphatic heterocycles. The van der Waals surface area contributed by atoms with Gasteiger partial charge in [0.1, 0.15) is 17.4 Å². The fourth-order valence-corrected chi connectivity index (χ4v) is 3.78. The molecule has 0 bridgehead atoms. The summed E-state index contributed by atoms with van der Waals surface area (Å²) in [7, 11) is 1.52. The average Bonchev–Trinajstić information content (AvgIpc) is 2.64. The third kappa shape index (κ3) is 5.88. The van der Waals surface area contributed by atoms with Crippen molar-refractivity contribution in [1.82, 2.24) is 10.4 Å². The molecule has 8 nitrogen and oxygen atoms in total. The van der Waals surface area contributed by atoms with E-state index in [0.29, 0.717) is 20.4 Å². The van der Waals surface area contributed by atoms with Crippen LogP contribution in [0.5, 0.6) is 11.6 Å². The van der Waals surface area contributed by atoms with Gasteiger partial charge in [0.25, 0.3) is 5.91 Å². The predicted octanol–water partition coefficient (Wildman–Crippen LogP) is 3.01. The van der Waals surface area contributed by atoms with Crippen LogP contribution in [-0.4, -0.2) is 35.9 Å². The molecule has 0 saturated carbocycles. The summed E-state index contributed by atoms with van der Waals surface area (Å²) in [5.41, 5.74) is 4.23. The summed E-state index contributed by atoms with van der Waals surface area (Å²) in [6, 6.07) is 7.16. The Morgan fingerprint density at radius 2 is 2.25 bits per heavy atom. The van der Waals surface area contributed by atoms with Gasteiger partial charge in [0.15, 0.2) is 6.61 Å². The van der Waals surface area contributed by atoms with Gasteiger partial charge >= 0.3 is 0 Å². The van der Waals surface area contributed by atoms with Gasteiger partial charge in [0.2, 0.25) is 5.88 Å². The number of ether oxygens (including phenoxy) is 2. The van der Waals surface area contributed by atoms with E-state index in [2.05, 4.69) is 31.4 Å². The number of benzene rings is 1. The Morgan fingerprint density at radius 1 is 1.50 bits per heavy atom. The molecule has 0 aliphatic rings. The second kappa shape index (κ2) is 10.4. The van der Waals surface area contributed by atoms with Crippen LogP contribution in [-0.2, 0) is 16.1 Å². The van der Waals surface area contributed by atoms with E-state index in [1.54, 1.807) is 25.1 Å². The molecule has 0 aliphatic carbocycles. The molecule has 0 spiro atoms. The van der Waals surface area contributed by atoms with Crippen LogP contribution >= 0.6 is 38.5 Å². The quantitative estimate of drug-likeness (QED) is 0.306. The van der Waals surface area contributed by atoms with E-state index in [4.69, 9.17) is 9.47 Å². The van der Waals surface area contributed by atoms with Gasteiger partial charge < -0.3 is 14.6 Å². The molecule has 1 amide bonds. The van der Waals surface area contributed by atoms with Gasteiger partial charge in [-0.15, -0.1) is 0 Å². The maximum absolute atomic E-state index is 12.0. The highest BCUT2D eigenvalue weighted by Crippen LogP contribution is 2.27. The minimum Gasteiger partial charge on any atom is -0.506 e. The Kier molecular flexibility index (Phi) is 8.16. The third-order valence-electron chi connectivity index (χ3n) is 3.40. The van der Waals surface area contributed by atoms with Crippen LogP contribution in [0.1, 0.15) is 22.4 Å². The third-order valence-corrected chi connectivity index (χ3v) is 4.68. The van der Waals surface area contributed by atoms with Crippen LogP contribution in [0.4, 0.5) is 0 Å². The predicted molar refractivity (Wildman–Crippen MR) is 114 cm³/mol. The number of hydrazone groups is 1. The Balaban J connectivity index is 2.03. The molecule has 0 unspecified atom stereocenters. The Hall–Kier alpha value is -2.23. The summed E-state index contributed by atoms with van der Waals surface area (Å²) in [6.07, 6.45) is 1.32. The van der Waals surface area contributed by atoms with E-state index in [9.17, 15) is 15.2 Å². The monoisotopic (exact) mass is 558 g/mol. The van der Waals surface area contributed by atoms with Crippen molar-refractivity contribution in [3.8, 4) is 17.7 Å². The minimum absolute atomic E-state index is 0.0614. The maximum Gasteiger partial charge on any atom is 0.278 e. The lowest BCUT2D eigenvalue weighted by Gasteiger charge is -2.10. The topological polar surface area (TPSA) is 117 Å². The highest BCUT2D eigenvalue weighted by Gasteiger charge is 2.14. The van der Waals surface area contributed by atoms with Crippen molar-refractivity contribution >= 4 is 50.6 Å². The summed E-state index contributed by atoms with van der Waals surface area (Å²) >= 11 is 5.31. The van der Waals surface area contributed by atoms with Crippen molar-refractivity contribution in [3.63, 3.8) is 0 Å². The van der Waals surface area contributed by atoms with Crippen molar-refractivity contribution in [2.45, 2.75) is 13.5 Å². The number of pyridine rings is 1. The summed E-state index contributed by atoms with van der Waals surface area (Å²) < 4.78 is 11.9.